The molecule has 0 radical (unpaired) electrons. The molecule has 1 atom stereocenters. The Morgan fingerprint density at radius 1 is 1.30 bits per heavy atom. The van der Waals surface area contributed by atoms with Gasteiger partial charge in [-0.25, -0.2) is 17.8 Å². The molecule has 0 bridgehead atoms. The van der Waals surface area contributed by atoms with E-state index in [-0.39, 0.29) is 28.9 Å². The predicted octanol–water partition coefficient (Wildman–Crippen LogP) is 5.61. The second-order valence-electron chi connectivity index (χ2n) is 9.34. The minimum absolute atomic E-state index is 0.00644. The maximum Gasteiger partial charge on any atom is 0.228 e. The number of sulfone groups is 1. The number of nitrogens with one attached hydrogen (secondary N) is 1. The van der Waals surface area contributed by atoms with Gasteiger partial charge in [0.2, 0.25) is 15.0 Å². The van der Waals surface area contributed by atoms with Crippen LogP contribution in [-0.4, -0.2) is 47.2 Å². The summed E-state index contributed by atoms with van der Waals surface area (Å²) in [5.74, 6) is -0.541. The average molecular weight is 565 g/mol. The Hall–Kier alpha value is -2.53. The van der Waals surface area contributed by atoms with Crippen LogP contribution in [0.1, 0.15) is 44.0 Å². The van der Waals surface area contributed by atoms with Crippen molar-refractivity contribution in [3.8, 4) is 0 Å². The Morgan fingerprint density at radius 3 is 2.70 bits per heavy atom. The van der Waals surface area contributed by atoms with Crippen LogP contribution in [0.15, 0.2) is 59.9 Å². The van der Waals surface area contributed by atoms with Gasteiger partial charge in [-0.2, -0.15) is 0 Å². The van der Waals surface area contributed by atoms with E-state index in [4.69, 9.17) is 28.6 Å². The van der Waals surface area contributed by atoms with Crippen LogP contribution in [0, 0.1) is 5.82 Å². The lowest BCUT2D eigenvalue weighted by atomic mass is 10.2. The number of hydrogen-bond acceptors (Lipinski definition) is 5. The summed E-state index contributed by atoms with van der Waals surface area (Å²) in [6.45, 7) is 5.39. The highest BCUT2D eigenvalue weighted by atomic mass is 35.5. The maximum atomic E-state index is 13.4. The van der Waals surface area contributed by atoms with E-state index >= 15 is 0 Å². The summed E-state index contributed by atoms with van der Waals surface area (Å²) >= 11 is 11.8. The molecule has 7 nitrogen and oxygen atoms in total. The van der Waals surface area contributed by atoms with Crippen molar-refractivity contribution in [2.75, 3.05) is 18.5 Å². The lowest BCUT2D eigenvalue weighted by molar-refractivity contribution is 0.0900. The first kappa shape index (κ1) is 27.5. The SMILES string of the molecule is CC(C)n1c(CN(CC2CCCO2)C(=S)Nc2ccc(F)cc2)cnc1S(=O)(=O)Cc1cccc(Cl)c1. The number of hydrogen-bond donors (Lipinski definition) is 1. The van der Waals surface area contributed by atoms with Gasteiger partial charge in [0.15, 0.2) is 5.11 Å². The molecule has 0 spiro atoms. The van der Waals surface area contributed by atoms with Gasteiger partial charge in [0.25, 0.3) is 0 Å². The average Bonchev–Trinajstić information content (AvgIpc) is 3.50. The fraction of sp³-hybridized carbons (Fsp3) is 0.385. The summed E-state index contributed by atoms with van der Waals surface area (Å²) in [5.41, 5.74) is 1.96. The number of thiocarbonyl (C=S) groups is 1. The molecular formula is C26H30ClFN4O3S2. The number of aromatic nitrogens is 2. The van der Waals surface area contributed by atoms with E-state index in [0.29, 0.717) is 46.8 Å². The van der Waals surface area contributed by atoms with E-state index in [2.05, 4.69) is 10.3 Å². The molecule has 0 saturated carbocycles. The molecule has 1 aliphatic rings. The van der Waals surface area contributed by atoms with E-state index in [1.54, 1.807) is 47.2 Å². The minimum atomic E-state index is -3.75. The fourth-order valence-corrected chi connectivity index (χ4v) is 6.43. The van der Waals surface area contributed by atoms with Crippen molar-refractivity contribution >= 4 is 44.5 Å². The molecule has 1 aliphatic heterocycles. The summed E-state index contributed by atoms with van der Waals surface area (Å²) < 4.78 is 47.7. The van der Waals surface area contributed by atoms with Crippen LogP contribution < -0.4 is 5.32 Å². The first-order valence-electron chi connectivity index (χ1n) is 12.1. The number of anilines is 1. The molecule has 1 N–H and O–H groups in total. The van der Waals surface area contributed by atoms with Gasteiger partial charge < -0.3 is 19.5 Å². The van der Waals surface area contributed by atoms with Crippen LogP contribution >= 0.6 is 23.8 Å². The van der Waals surface area contributed by atoms with Crippen LogP contribution in [0.2, 0.25) is 5.02 Å². The van der Waals surface area contributed by atoms with Gasteiger partial charge in [0.1, 0.15) is 5.82 Å². The molecule has 11 heteroatoms. The molecule has 3 aromatic rings. The topological polar surface area (TPSA) is 76.5 Å². The van der Waals surface area contributed by atoms with E-state index in [9.17, 15) is 12.8 Å². The maximum absolute atomic E-state index is 13.4. The summed E-state index contributed by atoms with van der Waals surface area (Å²) in [6.07, 6.45) is 3.49. The first-order valence-corrected chi connectivity index (χ1v) is 14.5. The van der Waals surface area contributed by atoms with Gasteiger partial charge >= 0.3 is 0 Å². The highest BCUT2D eigenvalue weighted by Gasteiger charge is 2.28. The Kier molecular flexibility index (Phi) is 8.84. The van der Waals surface area contributed by atoms with E-state index in [1.165, 1.54) is 12.1 Å². The number of imidazole rings is 1. The third kappa shape index (κ3) is 7.07. The van der Waals surface area contributed by atoms with Gasteiger partial charge in [0, 0.05) is 29.9 Å². The number of rotatable bonds is 9. The molecule has 0 amide bonds. The van der Waals surface area contributed by atoms with Crippen molar-refractivity contribution in [3.63, 3.8) is 0 Å². The molecule has 1 saturated heterocycles. The zero-order chi connectivity index (χ0) is 26.6. The quantitative estimate of drug-likeness (QED) is 0.339. The fourth-order valence-electron chi connectivity index (χ4n) is 4.37. The van der Waals surface area contributed by atoms with Gasteiger partial charge in [-0.1, -0.05) is 23.7 Å². The van der Waals surface area contributed by atoms with Crippen molar-refractivity contribution < 1.29 is 17.5 Å². The predicted molar refractivity (Wildman–Crippen MR) is 147 cm³/mol. The number of ether oxygens (including phenoxy) is 1. The molecule has 198 valence electrons. The highest BCUT2D eigenvalue weighted by molar-refractivity contribution is 7.90. The van der Waals surface area contributed by atoms with Crippen LogP contribution in [0.25, 0.3) is 0 Å². The zero-order valence-electron chi connectivity index (χ0n) is 20.7. The van der Waals surface area contributed by atoms with Crippen molar-refractivity contribution in [2.45, 2.75) is 56.3 Å². The largest absolute Gasteiger partial charge is 0.376 e. The number of benzene rings is 2. The third-order valence-corrected chi connectivity index (χ3v) is 8.23. The van der Waals surface area contributed by atoms with E-state index < -0.39 is 9.84 Å². The second-order valence-corrected chi connectivity index (χ2v) is 12.0. The third-order valence-electron chi connectivity index (χ3n) is 6.06. The molecule has 2 aromatic carbocycles. The Morgan fingerprint density at radius 2 is 2.05 bits per heavy atom. The molecule has 2 heterocycles. The minimum Gasteiger partial charge on any atom is -0.376 e. The zero-order valence-corrected chi connectivity index (χ0v) is 23.1. The summed E-state index contributed by atoms with van der Waals surface area (Å²) in [6, 6.07) is 12.6. The van der Waals surface area contributed by atoms with Crippen LogP contribution in [0.4, 0.5) is 10.1 Å². The summed E-state index contributed by atoms with van der Waals surface area (Å²) in [5, 5.41) is 4.08. The van der Waals surface area contributed by atoms with Gasteiger partial charge in [-0.3, -0.25) is 0 Å². The normalized spacial score (nSPS) is 15.8. The Labute approximate surface area is 227 Å². The Balaban J connectivity index is 1.60. The monoisotopic (exact) mass is 564 g/mol. The van der Waals surface area contributed by atoms with Gasteiger partial charge in [-0.15, -0.1) is 0 Å². The molecule has 0 aliphatic carbocycles. The number of nitrogens with zero attached hydrogens (tertiary/aromatic N) is 3. The van der Waals surface area contributed by atoms with Gasteiger partial charge in [0.05, 0.1) is 30.3 Å². The van der Waals surface area contributed by atoms with Crippen molar-refractivity contribution in [3.05, 3.63) is 76.8 Å². The van der Waals surface area contributed by atoms with E-state index in [0.717, 1.165) is 12.8 Å². The van der Waals surface area contributed by atoms with Gasteiger partial charge in [-0.05, 0) is 80.9 Å². The van der Waals surface area contributed by atoms with Crippen LogP contribution in [0.3, 0.4) is 0 Å². The summed E-state index contributed by atoms with van der Waals surface area (Å²) in [4.78, 5) is 6.29. The molecule has 1 fully saturated rings. The van der Waals surface area contributed by atoms with Crippen molar-refractivity contribution in [1.29, 1.82) is 0 Å². The van der Waals surface area contributed by atoms with Crippen molar-refractivity contribution in [2.24, 2.45) is 0 Å². The van der Waals surface area contributed by atoms with E-state index in [1.807, 2.05) is 18.7 Å². The van der Waals surface area contributed by atoms with Crippen LogP contribution in [-0.2, 0) is 26.9 Å². The summed E-state index contributed by atoms with van der Waals surface area (Å²) in [7, 11) is -3.75. The molecule has 1 aromatic heterocycles. The first-order chi connectivity index (χ1) is 17.6. The lowest BCUT2D eigenvalue weighted by Gasteiger charge is -2.29. The second kappa shape index (κ2) is 11.9. The number of halogens is 2. The lowest BCUT2D eigenvalue weighted by Crippen LogP contribution is -2.40. The van der Waals surface area contributed by atoms with Crippen LogP contribution in [0.5, 0.6) is 0 Å². The smallest absolute Gasteiger partial charge is 0.228 e. The Bertz CT molecular complexity index is 1340. The standard InChI is InChI=1S/C26H30ClFN4O3S2/c1-18(2)32-23(14-29-26(32)37(33,34)17-19-5-3-6-20(27)13-19)15-31(16-24-7-4-12-35-24)25(36)30-22-10-8-21(28)9-11-22/h3,5-6,8-11,13-14,18,24H,4,7,12,15-17H2,1-2H3,(H,30,36). The molecule has 4 rings (SSSR count). The van der Waals surface area contributed by atoms with Crippen molar-refractivity contribution in [1.82, 2.24) is 14.5 Å². The highest BCUT2D eigenvalue weighted by Crippen LogP contribution is 2.25. The molecule has 37 heavy (non-hydrogen) atoms. The molecular weight excluding hydrogens is 535 g/mol. The molecule has 1 unspecified atom stereocenters.